The number of hydrogen-bond acceptors (Lipinski definition) is 7. The van der Waals surface area contributed by atoms with E-state index in [0.717, 1.165) is 21.8 Å². The second-order valence-corrected chi connectivity index (χ2v) is 8.00. The third kappa shape index (κ3) is 3.44. The summed E-state index contributed by atoms with van der Waals surface area (Å²) in [4.78, 5) is 18.8. The quantitative estimate of drug-likeness (QED) is 0.610. The van der Waals surface area contributed by atoms with E-state index >= 15 is 0 Å². The molecule has 6 nitrogen and oxygen atoms in total. The highest BCUT2D eigenvalue weighted by molar-refractivity contribution is 7.14. The molecule has 0 saturated carbocycles. The third-order valence-corrected chi connectivity index (χ3v) is 6.17. The van der Waals surface area contributed by atoms with Gasteiger partial charge in [0.15, 0.2) is 0 Å². The van der Waals surface area contributed by atoms with Crippen molar-refractivity contribution in [2.75, 3.05) is 18.6 Å². The second-order valence-electron chi connectivity index (χ2n) is 6.19. The average molecular weight is 412 g/mol. The molecule has 0 bridgehead atoms. The van der Waals surface area contributed by atoms with Gasteiger partial charge >= 0.3 is 5.97 Å². The molecule has 1 aromatic carbocycles. The van der Waals surface area contributed by atoms with Crippen molar-refractivity contribution in [2.24, 2.45) is 0 Å². The van der Waals surface area contributed by atoms with E-state index in [0.29, 0.717) is 10.6 Å². The lowest BCUT2D eigenvalue weighted by atomic mass is 10.1. The predicted molar refractivity (Wildman–Crippen MR) is 112 cm³/mol. The van der Waals surface area contributed by atoms with Gasteiger partial charge in [0.2, 0.25) is 0 Å². The maximum atomic E-state index is 11.4. The van der Waals surface area contributed by atoms with Gasteiger partial charge in [0.05, 0.1) is 36.2 Å². The van der Waals surface area contributed by atoms with Crippen LogP contribution in [-0.4, -0.2) is 35.5 Å². The number of carbonyl (C=O) groups is 1. The highest BCUT2D eigenvalue weighted by Gasteiger charge is 2.31. The minimum atomic E-state index is -0.298. The van der Waals surface area contributed by atoms with Crippen molar-refractivity contribution in [2.45, 2.75) is 6.42 Å². The van der Waals surface area contributed by atoms with E-state index in [1.165, 1.54) is 18.4 Å². The minimum Gasteiger partial charge on any atom is -0.510 e. The predicted octanol–water partition coefficient (Wildman–Crippen LogP) is 4.35. The molecule has 0 amide bonds. The van der Waals surface area contributed by atoms with E-state index in [-0.39, 0.29) is 30.5 Å². The summed E-state index contributed by atoms with van der Waals surface area (Å²) in [5.41, 5.74) is 2.93. The number of hydrogen-bond donors (Lipinski definition) is 2. The molecule has 0 saturated heterocycles. The van der Waals surface area contributed by atoms with E-state index in [1.54, 1.807) is 16.2 Å². The van der Waals surface area contributed by atoms with E-state index in [1.807, 2.05) is 47.2 Å². The monoisotopic (exact) mass is 411 g/mol. The highest BCUT2D eigenvalue weighted by Crippen LogP contribution is 2.35. The second kappa shape index (κ2) is 7.57. The fourth-order valence-corrected chi connectivity index (χ4v) is 4.63. The summed E-state index contributed by atoms with van der Waals surface area (Å²) in [5.74, 6) is 0.0505. The van der Waals surface area contributed by atoms with Gasteiger partial charge < -0.3 is 14.7 Å². The zero-order chi connectivity index (χ0) is 19.7. The van der Waals surface area contributed by atoms with Crippen LogP contribution < -0.4 is 4.90 Å². The van der Waals surface area contributed by atoms with Gasteiger partial charge in [-0.3, -0.25) is 10.2 Å². The molecule has 0 radical (unpaired) electrons. The normalized spacial score (nSPS) is 14.0. The Kier molecular flexibility index (Phi) is 4.97. The first-order valence-electron chi connectivity index (χ1n) is 8.51. The van der Waals surface area contributed by atoms with Crippen LogP contribution in [0.5, 0.6) is 0 Å². The highest BCUT2D eigenvalue weighted by atomic mass is 32.1. The molecule has 28 heavy (non-hydrogen) atoms. The maximum absolute atomic E-state index is 11.4. The topological polar surface area (TPSA) is 86.5 Å². The molecule has 0 fully saturated rings. The Morgan fingerprint density at radius 3 is 2.75 bits per heavy atom. The number of methoxy groups -OCH3 is 1. The number of esters is 1. The first kappa shape index (κ1) is 18.4. The molecule has 2 N–H and O–H groups in total. The lowest BCUT2D eigenvalue weighted by Gasteiger charge is -2.18. The number of nitrogens with one attached hydrogen (secondary N) is 1. The largest absolute Gasteiger partial charge is 0.510 e. The van der Waals surface area contributed by atoms with Crippen molar-refractivity contribution in [3.63, 3.8) is 0 Å². The molecule has 2 aromatic heterocycles. The van der Waals surface area contributed by atoms with Crippen LogP contribution in [0, 0.1) is 5.41 Å². The van der Waals surface area contributed by atoms with Crippen LogP contribution in [0.2, 0.25) is 0 Å². The number of carbonyl (C=O) groups excluding carboxylic acids is 1. The fraction of sp³-hybridized carbons (Fsp3) is 0.150. The molecule has 1 aliphatic rings. The van der Waals surface area contributed by atoms with Crippen LogP contribution in [0.1, 0.15) is 10.6 Å². The average Bonchev–Trinajstić information content (AvgIpc) is 3.43. The minimum absolute atomic E-state index is 0.135. The number of thiazole rings is 1. The number of aliphatic hydroxyl groups is 1. The molecular formula is C20H17N3O3S2. The number of benzene rings is 1. The number of nitrogens with zero attached hydrogens (tertiary/aromatic N) is 2. The summed E-state index contributed by atoms with van der Waals surface area (Å²) in [6, 6.07) is 11.3. The first-order valence-corrected chi connectivity index (χ1v) is 10.3. The molecule has 142 valence electrons. The number of amidine groups is 1. The summed E-state index contributed by atoms with van der Waals surface area (Å²) in [6.45, 7) is 0.221. The van der Waals surface area contributed by atoms with Crippen LogP contribution in [-0.2, 0) is 16.0 Å². The van der Waals surface area contributed by atoms with Crippen LogP contribution in [0.4, 0.5) is 5.69 Å². The van der Waals surface area contributed by atoms with Crippen LogP contribution in [0.15, 0.2) is 52.9 Å². The zero-order valence-corrected chi connectivity index (χ0v) is 16.6. The Morgan fingerprint density at radius 1 is 1.29 bits per heavy atom. The first-order chi connectivity index (χ1) is 13.6. The number of aliphatic hydroxyl groups excluding tert-OH is 1. The van der Waals surface area contributed by atoms with Gasteiger partial charge in [0, 0.05) is 11.1 Å². The van der Waals surface area contributed by atoms with Crippen molar-refractivity contribution < 1.29 is 14.6 Å². The van der Waals surface area contributed by atoms with Crippen LogP contribution in [0.3, 0.4) is 0 Å². The van der Waals surface area contributed by atoms with E-state index in [9.17, 15) is 9.90 Å². The zero-order valence-electron chi connectivity index (χ0n) is 15.0. The summed E-state index contributed by atoms with van der Waals surface area (Å²) in [7, 11) is 1.36. The lowest BCUT2D eigenvalue weighted by molar-refractivity contribution is -0.139. The van der Waals surface area contributed by atoms with Gasteiger partial charge in [-0.2, -0.15) is 0 Å². The molecule has 3 heterocycles. The molecule has 0 aliphatic carbocycles. The van der Waals surface area contributed by atoms with Crippen molar-refractivity contribution >= 4 is 45.7 Å². The summed E-state index contributed by atoms with van der Waals surface area (Å²) in [6.07, 6.45) is 0.202. The molecule has 3 aromatic rings. The van der Waals surface area contributed by atoms with Crippen molar-refractivity contribution in [3.05, 3.63) is 63.5 Å². The van der Waals surface area contributed by atoms with Crippen molar-refractivity contribution in [1.29, 1.82) is 5.41 Å². The number of ether oxygens (including phenoxy) is 1. The van der Waals surface area contributed by atoms with Gasteiger partial charge in [-0.25, -0.2) is 4.98 Å². The molecule has 0 unspecified atom stereocenters. The third-order valence-electron chi connectivity index (χ3n) is 4.42. The number of thiophene rings is 1. The number of anilines is 1. The van der Waals surface area contributed by atoms with Crippen molar-refractivity contribution in [1.82, 2.24) is 4.98 Å². The Labute approximate surface area is 169 Å². The molecule has 1 aliphatic heterocycles. The van der Waals surface area contributed by atoms with Crippen LogP contribution >= 0.6 is 22.7 Å². The van der Waals surface area contributed by atoms with Gasteiger partial charge in [-0.15, -0.1) is 22.7 Å². The van der Waals surface area contributed by atoms with Crippen molar-refractivity contribution in [3.8, 4) is 10.6 Å². The summed E-state index contributed by atoms with van der Waals surface area (Å²) >= 11 is 3.03. The van der Waals surface area contributed by atoms with Crippen LogP contribution in [0.25, 0.3) is 16.1 Å². The summed E-state index contributed by atoms with van der Waals surface area (Å²) in [5, 5.41) is 23.6. The Bertz CT molecular complexity index is 1050. The van der Waals surface area contributed by atoms with E-state index in [2.05, 4.69) is 9.72 Å². The summed E-state index contributed by atoms with van der Waals surface area (Å²) < 4.78 is 4.68. The van der Waals surface area contributed by atoms with Gasteiger partial charge in [-0.05, 0) is 29.1 Å². The van der Waals surface area contributed by atoms with Gasteiger partial charge in [0.25, 0.3) is 0 Å². The molecule has 0 spiro atoms. The molecular weight excluding hydrogens is 394 g/mol. The van der Waals surface area contributed by atoms with Gasteiger partial charge in [-0.1, -0.05) is 18.2 Å². The Morgan fingerprint density at radius 2 is 2.07 bits per heavy atom. The Balaban J connectivity index is 1.54. The van der Waals surface area contributed by atoms with E-state index < -0.39 is 0 Å². The fourth-order valence-electron chi connectivity index (χ4n) is 2.98. The number of aromatic nitrogens is 1. The SMILES string of the molecule is COC(=O)Cc1ccc(N2CC(O)=C(c3nc(-c4cccs4)cs3)C2=N)cc1. The lowest BCUT2D eigenvalue weighted by Crippen LogP contribution is -2.26. The Hall–Kier alpha value is -2.97. The maximum Gasteiger partial charge on any atom is 0.309 e. The van der Waals surface area contributed by atoms with E-state index in [4.69, 9.17) is 5.41 Å². The number of rotatable bonds is 5. The molecule has 8 heteroatoms. The molecule has 0 atom stereocenters. The smallest absolute Gasteiger partial charge is 0.309 e. The standard InChI is InChI=1S/C20H17N3O3S2/c1-26-17(25)9-12-4-6-13(7-5-12)23-10-15(24)18(19(23)21)20-22-14(11-28-20)16-3-2-8-27-16/h2-8,11,21,24H,9-10H2,1H3. The molecule has 4 rings (SSSR count). The van der Waals surface area contributed by atoms with Gasteiger partial charge in [0.1, 0.15) is 16.6 Å².